The number of carboxylic acids is 1. The van der Waals surface area contributed by atoms with Crippen molar-refractivity contribution in [2.75, 3.05) is 13.2 Å². The van der Waals surface area contributed by atoms with Crippen LogP contribution in [0.4, 0.5) is 0 Å². The Balaban J connectivity index is 0.00000300. The molecule has 29 heavy (non-hydrogen) atoms. The summed E-state index contributed by atoms with van der Waals surface area (Å²) in [5, 5.41) is 19.3. The van der Waals surface area contributed by atoms with Crippen LogP contribution in [0.3, 0.4) is 0 Å². The molecule has 1 aromatic heterocycles. The van der Waals surface area contributed by atoms with Crippen LogP contribution in [-0.2, 0) is 0 Å². The number of ether oxygens (including phenoxy) is 2. The minimum Gasteiger partial charge on any atom is -0.490 e. The van der Waals surface area contributed by atoms with Crippen molar-refractivity contribution in [3.63, 3.8) is 0 Å². The third-order valence-corrected chi connectivity index (χ3v) is 4.19. The number of hydrogen-bond acceptors (Lipinski definition) is 6. The van der Waals surface area contributed by atoms with E-state index in [-0.39, 0.29) is 59.5 Å². The van der Waals surface area contributed by atoms with Crippen LogP contribution in [-0.4, -0.2) is 65.1 Å². The molecule has 147 valence electrons. The first-order valence-electron chi connectivity index (χ1n) is 8.67. The molecule has 0 amide bonds. The standard InChI is InChI=1S/C21H20O7.Na/c1-12-5-3-6-13(2)20(12)27-11-14(22)10-26-16-7-4-8-17-19(16)15(23)9-18(28-17)21(24)25;/h3-9,14,22H,10-11H2,1-2H3,(H,24,25);. The quantitative estimate of drug-likeness (QED) is 0.580. The van der Waals surface area contributed by atoms with E-state index in [2.05, 4.69) is 0 Å². The molecule has 1 unspecified atom stereocenters. The van der Waals surface area contributed by atoms with E-state index >= 15 is 0 Å². The fraction of sp³-hybridized carbons (Fsp3) is 0.238. The molecule has 0 aliphatic heterocycles. The SMILES string of the molecule is Cc1cccc(C)c1OCC(O)COc1cccc2oc(C(=O)O)cc(=O)c12.[Na]. The second kappa shape index (κ2) is 9.93. The smallest absolute Gasteiger partial charge is 0.371 e. The van der Waals surface area contributed by atoms with E-state index in [1.54, 1.807) is 12.1 Å². The normalized spacial score (nSPS) is 11.6. The van der Waals surface area contributed by atoms with Crippen molar-refractivity contribution >= 4 is 46.5 Å². The molecule has 1 atom stereocenters. The Labute approximate surface area is 189 Å². The van der Waals surface area contributed by atoms with Crippen LogP contribution in [0.25, 0.3) is 11.0 Å². The molecular formula is C21H20NaO7. The number of benzene rings is 2. The van der Waals surface area contributed by atoms with Crippen LogP contribution >= 0.6 is 0 Å². The van der Waals surface area contributed by atoms with Gasteiger partial charge in [-0.3, -0.25) is 4.79 Å². The zero-order valence-corrected chi connectivity index (χ0v) is 18.5. The maximum atomic E-state index is 12.3. The Kier molecular flexibility index (Phi) is 7.87. The third kappa shape index (κ3) is 5.39. The van der Waals surface area contributed by atoms with Gasteiger partial charge in [-0.05, 0) is 37.1 Å². The van der Waals surface area contributed by atoms with E-state index in [1.807, 2.05) is 32.0 Å². The van der Waals surface area contributed by atoms with E-state index in [9.17, 15) is 14.7 Å². The van der Waals surface area contributed by atoms with Crippen LogP contribution in [0.15, 0.2) is 51.7 Å². The fourth-order valence-electron chi connectivity index (χ4n) is 2.84. The Morgan fingerprint density at radius 1 is 1.07 bits per heavy atom. The number of aromatic carboxylic acids is 1. The Morgan fingerprint density at radius 3 is 2.34 bits per heavy atom. The summed E-state index contributed by atoms with van der Waals surface area (Å²) in [5.74, 6) is -0.857. The number of aliphatic hydroxyl groups is 1. The second-order valence-electron chi connectivity index (χ2n) is 6.41. The van der Waals surface area contributed by atoms with Gasteiger partial charge in [0.15, 0.2) is 5.43 Å². The van der Waals surface area contributed by atoms with Crippen molar-refractivity contribution in [2.45, 2.75) is 20.0 Å². The summed E-state index contributed by atoms with van der Waals surface area (Å²) in [6.07, 6.45) is -0.931. The molecule has 3 aromatic rings. The largest absolute Gasteiger partial charge is 0.490 e. The molecule has 0 spiro atoms. The number of fused-ring (bicyclic) bond motifs is 1. The molecule has 3 rings (SSSR count). The van der Waals surface area contributed by atoms with E-state index in [0.717, 1.165) is 17.2 Å². The molecule has 1 heterocycles. The van der Waals surface area contributed by atoms with Crippen LogP contribution in [0.2, 0.25) is 0 Å². The number of carboxylic acid groups (broad SMARTS) is 1. The van der Waals surface area contributed by atoms with E-state index in [4.69, 9.17) is 19.0 Å². The summed E-state index contributed by atoms with van der Waals surface area (Å²) in [4.78, 5) is 23.3. The summed E-state index contributed by atoms with van der Waals surface area (Å²) in [5.41, 5.74) is 1.50. The molecule has 0 bridgehead atoms. The van der Waals surface area contributed by atoms with Gasteiger partial charge < -0.3 is 24.1 Å². The number of hydrogen-bond donors (Lipinski definition) is 2. The van der Waals surface area contributed by atoms with Gasteiger partial charge >= 0.3 is 5.97 Å². The van der Waals surface area contributed by atoms with Crippen molar-refractivity contribution in [1.82, 2.24) is 0 Å². The topological polar surface area (TPSA) is 106 Å². The minimum atomic E-state index is -1.33. The van der Waals surface area contributed by atoms with Gasteiger partial charge in [0.05, 0.1) is 0 Å². The van der Waals surface area contributed by atoms with Crippen molar-refractivity contribution < 1.29 is 28.9 Å². The summed E-state index contributed by atoms with van der Waals surface area (Å²) in [6, 6.07) is 11.3. The fourth-order valence-corrected chi connectivity index (χ4v) is 2.84. The first-order valence-corrected chi connectivity index (χ1v) is 8.67. The van der Waals surface area contributed by atoms with Gasteiger partial charge in [0.25, 0.3) is 0 Å². The zero-order chi connectivity index (χ0) is 20.3. The van der Waals surface area contributed by atoms with Crippen LogP contribution in [0.1, 0.15) is 21.7 Å². The van der Waals surface area contributed by atoms with Crippen LogP contribution < -0.4 is 14.9 Å². The summed E-state index contributed by atoms with van der Waals surface area (Å²) in [7, 11) is 0. The zero-order valence-electron chi connectivity index (χ0n) is 16.5. The number of aryl methyl sites for hydroxylation is 2. The number of rotatable bonds is 7. The molecule has 0 aliphatic carbocycles. The molecule has 7 nitrogen and oxygen atoms in total. The summed E-state index contributed by atoms with van der Waals surface area (Å²) < 4.78 is 16.5. The van der Waals surface area contributed by atoms with Gasteiger partial charge in [0.1, 0.15) is 41.8 Å². The Bertz CT molecular complexity index is 1050. The maximum Gasteiger partial charge on any atom is 0.371 e. The first-order chi connectivity index (χ1) is 13.4. The summed E-state index contributed by atoms with van der Waals surface area (Å²) in [6.45, 7) is 3.76. The first kappa shape index (κ1) is 23.0. The van der Waals surface area contributed by atoms with Crippen molar-refractivity contribution in [3.8, 4) is 11.5 Å². The monoisotopic (exact) mass is 407 g/mol. The Morgan fingerprint density at radius 2 is 1.69 bits per heavy atom. The Hall–Kier alpha value is -2.32. The molecule has 0 saturated carbocycles. The van der Waals surface area contributed by atoms with E-state index in [1.165, 1.54) is 6.07 Å². The minimum absolute atomic E-state index is 0. The molecule has 2 N–H and O–H groups in total. The van der Waals surface area contributed by atoms with Crippen LogP contribution in [0.5, 0.6) is 11.5 Å². The van der Waals surface area contributed by atoms with Gasteiger partial charge in [-0.15, -0.1) is 0 Å². The molecule has 2 aromatic carbocycles. The maximum absolute atomic E-state index is 12.3. The van der Waals surface area contributed by atoms with Gasteiger partial charge in [-0.25, -0.2) is 4.79 Å². The molecule has 8 heteroatoms. The van der Waals surface area contributed by atoms with Crippen molar-refractivity contribution in [2.24, 2.45) is 0 Å². The van der Waals surface area contributed by atoms with Crippen molar-refractivity contribution in [1.29, 1.82) is 0 Å². The predicted molar refractivity (Wildman–Crippen MR) is 108 cm³/mol. The summed E-state index contributed by atoms with van der Waals surface area (Å²) >= 11 is 0. The van der Waals surface area contributed by atoms with Crippen molar-refractivity contribution in [3.05, 3.63) is 69.6 Å². The molecule has 0 fully saturated rings. The molecule has 0 aliphatic rings. The predicted octanol–water partition coefficient (Wildman–Crippen LogP) is 2.55. The van der Waals surface area contributed by atoms with Gasteiger partial charge in [-0.1, -0.05) is 24.3 Å². The molecule has 1 radical (unpaired) electrons. The average molecular weight is 407 g/mol. The van der Waals surface area contributed by atoms with Gasteiger partial charge in [0.2, 0.25) is 5.76 Å². The number of aliphatic hydroxyl groups excluding tert-OH is 1. The molecular weight excluding hydrogens is 387 g/mol. The molecule has 0 saturated heterocycles. The van der Waals surface area contributed by atoms with E-state index in [0.29, 0.717) is 5.75 Å². The van der Waals surface area contributed by atoms with Gasteiger partial charge in [-0.2, -0.15) is 0 Å². The second-order valence-corrected chi connectivity index (χ2v) is 6.41. The number of para-hydroxylation sites is 1. The van der Waals surface area contributed by atoms with Crippen LogP contribution in [0, 0.1) is 13.8 Å². The van der Waals surface area contributed by atoms with Gasteiger partial charge in [0, 0.05) is 35.6 Å². The average Bonchev–Trinajstić information content (AvgIpc) is 2.65. The van der Waals surface area contributed by atoms with E-state index < -0.39 is 23.3 Å². The third-order valence-electron chi connectivity index (χ3n) is 4.19. The number of carbonyl (C=O) groups is 1.